The van der Waals surface area contributed by atoms with E-state index in [-0.39, 0.29) is 70.5 Å². The number of nitrogens with one attached hydrogen (secondary N) is 1. The number of pyridine rings is 1. The molecule has 0 saturated carbocycles. The summed E-state index contributed by atoms with van der Waals surface area (Å²) >= 11 is 0. The van der Waals surface area contributed by atoms with E-state index >= 15 is 0 Å². The van der Waals surface area contributed by atoms with Gasteiger partial charge in [0.1, 0.15) is 20.2 Å². The average molecular weight is 441 g/mol. The van der Waals surface area contributed by atoms with E-state index in [4.69, 9.17) is 0 Å². The van der Waals surface area contributed by atoms with Crippen molar-refractivity contribution in [2.75, 3.05) is 0 Å². The fourth-order valence-electron chi connectivity index (χ4n) is 2.22. The van der Waals surface area contributed by atoms with Gasteiger partial charge in [-0.3, -0.25) is 14.9 Å². The largest absolute Gasteiger partial charge is 1.00 e. The number of hydrogen-bond acceptors (Lipinski definition) is 8. The summed E-state index contributed by atoms with van der Waals surface area (Å²) < 4.78 is 68.3. The summed E-state index contributed by atoms with van der Waals surface area (Å²) in [5.41, 5.74) is -0.325. The molecule has 0 radical (unpaired) electrons. The van der Waals surface area contributed by atoms with Gasteiger partial charge in [-0.15, -0.1) is 0 Å². The Bertz CT molecular complexity index is 1200. The van der Waals surface area contributed by atoms with Crippen LogP contribution in [0.2, 0.25) is 0 Å². The Balaban J connectivity index is 0.00000196. The second-order valence-electron chi connectivity index (χ2n) is 5.13. The molecule has 14 heteroatoms. The van der Waals surface area contributed by atoms with Crippen molar-refractivity contribution in [2.24, 2.45) is 0 Å². The zero-order valence-electron chi connectivity index (χ0n) is 14.7. The summed E-state index contributed by atoms with van der Waals surface area (Å²) in [5, 5.41) is 2.62. The molecule has 10 nitrogen and oxygen atoms in total. The van der Waals surface area contributed by atoms with E-state index in [0.717, 1.165) is 22.9 Å². The molecule has 0 amide bonds. The van der Waals surface area contributed by atoms with Gasteiger partial charge in [0.25, 0.3) is 5.56 Å². The molecular weight excluding hydrogens is 432 g/mol. The standard InChI is InChI=1S/C14H11N3O7S2.2Na/c18-14-8-13(12-3-1-2-4-15-12)16-17(14)9-5-10(25(19,20)21)7-11(6-9)26(22,23)24;;/h1-8,16H,(H,19,20,21)(H,22,23,24);;/q;2*+1/p-2. The summed E-state index contributed by atoms with van der Waals surface area (Å²) in [4.78, 5) is 14.3. The number of hydrogen-bond donors (Lipinski definition) is 1. The number of nitrogens with zero attached hydrogens (tertiary/aromatic N) is 2. The van der Waals surface area contributed by atoms with Gasteiger partial charge in [0.15, 0.2) is 0 Å². The van der Waals surface area contributed by atoms with E-state index in [1.807, 2.05) is 0 Å². The van der Waals surface area contributed by atoms with Gasteiger partial charge in [-0.25, -0.2) is 21.5 Å². The molecule has 3 rings (SSSR count). The molecule has 0 spiro atoms. The SMILES string of the molecule is O=c1cc(-c2ccccn2)[nH]n1-c1cc(S(=O)(=O)[O-])cc(S(=O)(=O)[O-])c1.[Na+].[Na+]. The number of rotatable bonds is 4. The molecular formula is C14H9N3Na2O7S2. The van der Waals surface area contributed by atoms with Crippen LogP contribution in [0, 0.1) is 0 Å². The van der Waals surface area contributed by atoms with Crippen molar-refractivity contribution >= 4 is 20.2 Å². The Morgan fingerprint density at radius 3 is 1.93 bits per heavy atom. The molecule has 0 aliphatic heterocycles. The van der Waals surface area contributed by atoms with Crippen molar-refractivity contribution in [1.82, 2.24) is 14.8 Å². The van der Waals surface area contributed by atoms with Gasteiger partial charge in [-0.2, -0.15) is 0 Å². The van der Waals surface area contributed by atoms with Crippen LogP contribution in [-0.4, -0.2) is 40.7 Å². The Hall–Kier alpha value is -0.800. The fourth-order valence-corrected chi connectivity index (χ4v) is 3.36. The summed E-state index contributed by atoms with van der Waals surface area (Å²) in [6.07, 6.45) is 1.48. The van der Waals surface area contributed by atoms with Crippen molar-refractivity contribution in [3.63, 3.8) is 0 Å². The number of H-pyrrole nitrogens is 1. The van der Waals surface area contributed by atoms with E-state index in [0.29, 0.717) is 11.8 Å². The first-order valence-corrected chi connectivity index (χ1v) is 9.68. The van der Waals surface area contributed by atoms with Crippen LogP contribution in [0.15, 0.2) is 63.2 Å². The molecule has 0 aliphatic carbocycles. The molecule has 0 saturated heterocycles. The molecule has 0 unspecified atom stereocenters. The van der Waals surface area contributed by atoms with Gasteiger partial charge in [0.05, 0.1) is 26.9 Å². The first-order chi connectivity index (χ1) is 12.1. The van der Waals surface area contributed by atoms with Crippen molar-refractivity contribution in [2.45, 2.75) is 9.79 Å². The number of benzene rings is 1. The van der Waals surface area contributed by atoms with Crippen LogP contribution in [0.25, 0.3) is 17.1 Å². The van der Waals surface area contributed by atoms with E-state index in [9.17, 15) is 30.7 Å². The quantitative estimate of drug-likeness (QED) is 0.309. The van der Waals surface area contributed by atoms with Crippen molar-refractivity contribution in [1.29, 1.82) is 0 Å². The zero-order chi connectivity index (χ0) is 19.1. The Morgan fingerprint density at radius 2 is 1.46 bits per heavy atom. The monoisotopic (exact) mass is 441 g/mol. The molecule has 136 valence electrons. The van der Waals surface area contributed by atoms with Crippen LogP contribution in [0.1, 0.15) is 0 Å². The Labute approximate surface area is 204 Å². The van der Waals surface area contributed by atoms with Crippen LogP contribution in [-0.2, 0) is 20.2 Å². The summed E-state index contributed by atoms with van der Waals surface area (Å²) in [5.74, 6) is 0. The van der Waals surface area contributed by atoms with E-state index < -0.39 is 35.6 Å². The average Bonchev–Trinajstić information content (AvgIpc) is 2.95. The maximum atomic E-state index is 12.2. The van der Waals surface area contributed by atoms with Crippen LogP contribution in [0.5, 0.6) is 0 Å². The third kappa shape index (κ3) is 5.63. The molecule has 1 N–H and O–H groups in total. The third-order valence-corrected chi connectivity index (χ3v) is 4.99. The fraction of sp³-hybridized carbons (Fsp3) is 0. The molecule has 0 bridgehead atoms. The molecule has 0 atom stereocenters. The number of aromatic amines is 1. The van der Waals surface area contributed by atoms with Crippen molar-refractivity contribution in [3.05, 3.63) is 59.0 Å². The molecule has 28 heavy (non-hydrogen) atoms. The second-order valence-corrected chi connectivity index (χ2v) is 7.89. The predicted molar refractivity (Wildman–Crippen MR) is 85.5 cm³/mol. The van der Waals surface area contributed by atoms with Crippen molar-refractivity contribution in [3.8, 4) is 17.1 Å². The first-order valence-electron chi connectivity index (χ1n) is 6.86. The van der Waals surface area contributed by atoms with Crippen molar-refractivity contribution < 1.29 is 85.1 Å². The van der Waals surface area contributed by atoms with Gasteiger partial charge in [-0.05, 0) is 30.3 Å². The third-order valence-electron chi connectivity index (χ3n) is 3.36. The minimum atomic E-state index is -5.07. The minimum Gasteiger partial charge on any atom is -0.744 e. The van der Waals surface area contributed by atoms with Gasteiger partial charge >= 0.3 is 59.1 Å². The van der Waals surface area contributed by atoms with Gasteiger partial charge in [0, 0.05) is 12.3 Å². The van der Waals surface area contributed by atoms with Gasteiger partial charge in [0.2, 0.25) is 0 Å². The van der Waals surface area contributed by atoms with Crippen LogP contribution >= 0.6 is 0 Å². The molecule has 1 aromatic carbocycles. The van der Waals surface area contributed by atoms with Gasteiger partial charge < -0.3 is 9.11 Å². The predicted octanol–water partition coefficient (Wildman–Crippen LogP) is -5.96. The smallest absolute Gasteiger partial charge is 0.744 e. The second kappa shape index (κ2) is 9.34. The zero-order valence-corrected chi connectivity index (χ0v) is 20.3. The maximum Gasteiger partial charge on any atom is 1.00 e. The summed E-state index contributed by atoms with van der Waals surface area (Å²) in [7, 11) is -10.1. The maximum absolute atomic E-state index is 12.2. The first kappa shape index (κ1) is 25.2. The van der Waals surface area contributed by atoms with E-state index in [2.05, 4.69) is 10.1 Å². The molecule has 3 aromatic rings. The van der Waals surface area contributed by atoms with E-state index in [1.54, 1.807) is 18.2 Å². The Morgan fingerprint density at radius 1 is 0.893 bits per heavy atom. The molecule has 2 aromatic heterocycles. The normalized spacial score (nSPS) is 11.4. The minimum absolute atomic E-state index is 0. The molecule has 0 aliphatic rings. The summed E-state index contributed by atoms with van der Waals surface area (Å²) in [6, 6.07) is 8.10. The van der Waals surface area contributed by atoms with Gasteiger partial charge in [-0.1, -0.05) is 6.07 Å². The van der Waals surface area contributed by atoms with Crippen LogP contribution in [0.3, 0.4) is 0 Å². The van der Waals surface area contributed by atoms with Crippen LogP contribution in [0.4, 0.5) is 0 Å². The Kier molecular flexibility index (Phi) is 8.42. The molecule has 0 fully saturated rings. The number of aromatic nitrogens is 3. The topological polar surface area (TPSA) is 165 Å². The van der Waals surface area contributed by atoms with Crippen LogP contribution < -0.4 is 64.7 Å². The van der Waals surface area contributed by atoms with E-state index in [1.165, 1.54) is 6.20 Å². The summed E-state index contributed by atoms with van der Waals surface area (Å²) in [6.45, 7) is 0. The molecule has 2 heterocycles.